The molecular formula is C22H24N6O. The normalized spacial score (nSPS) is 24.5. The van der Waals surface area contributed by atoms with E-state index in [1.54, 1.807) is 0 Å². The van der Waals surface area contributed by atoms with E-state index in [0.717, 1.165) is 33.8 Å². The molecule has 7 heteroatoms. The third-order valence-electron chi connectivity index (χ3n) is 6.64. The van der Waals surface area contributed by atoms with Gasteiger partial charge < -0.3 is 15.0 Å². The fraction of sp³-hybridized carbons (Fsp3) is 0.409. The first kappa shape index (κ1) is 17.0. The summed E-state index contributed by atoms with van der Waals surface area (Å²) >= 11 is 0. The van der Waals surface area contributed by atoms with Gasteiger partial charge in [0.25, 0.3) is 0 Å². The molecule has 6 rings (SSSR count). The van der Waals surface area contributed by atoms with Gasteiger partial charge in [-0.05, 0) is 42.9 Å². The number of benzene rings is 1. The highest BCUT2D eigenvalue weighted by molar-refractivity contribution is 5.75. The molecule has 3 aromatic rings. The third kappa shape index (κ3) is 2.88. The third-order valence-corrected chi connectivity index (χ3v) is 6.64. The smallest absolute Gasteiger partial charge is 0.242 e. The van der Waals surface area contributed by atoms with E-state index in [1.807, 2.05) is 18.6 Å². The lowest BCUT2D eigenvalue weighted by Crippen LogP contribution is -2.47. The maximum atomic E-state index is 6.02. The Hall–Kier alpha value is -2.93. The average molecular weight is 388 g/mol. The zero-order valence-electron chi connectivity index (χ0n) is 16.4. The molecule has 2 aromatic heterocycles. The highest BCUT2D eigenvalue weighted by atomic mass is 16.5. The Morgan fingerprint density at radius 3 is 2.76 bits per heavy atom. The van der Waals surface area contributed by atoms with Crippen molar-refractivity contribution >= 4 is 5.82 Å². The number of nitrogens with zero attached hydrogens (tertiary/aromatic N) is 4. The summed E-state index contributed by atoms with van der Waals surface area (Å²) in [5, 5.41) is 10.6. The first-order chi connectivity index (χ1) is 14.2. The number of hydrogen-bond acceptors (Lipinski definition) is 6. The molecule has 7 nitrogen and oxygen atoms in total. The second-order valence-corrected chi connectivity index (χ2v) is 8.40. The maximum Gasteiger partial charge on any atom is 0.242 e. The van der Waals surface area contributed by atoms with Gasteiger partial charge in [-0.2, -0.15) is 10.1 Å². The Labute approximate surface area is 169 Å². The zero-order chi connectivity index (χ0) is 19.4. The van der Waals surface area contributed by atoms with Crippen molar-refractivity contribution < 1.29 is 4.74 Å². The van der Waals surface area contributed by atoms with Crippen LogP contribution in [0.25, 0.3) is 22.4 Å². The molecule has 2 bridgehead atoms. The van der Waals surface area contributed by atoms with Gasteiger partial charge >= 0.3 is 0 Å². The zero-order valence-corrected chi connectivity index (χ0v) is 16.4. The second-order valence-electron chi connectivity index (χ2n) is 8.40. The standard InChI is InChI=1S/C22H24N6O/c1-28(18-7-16-3-4-17(8-18)26-16)20-11-23-21-19-5-2-13(15-9-24-25-10-15)6-14(19)12-29-22(21)27-20/h2,5-6,9-11,16-18,26H,3-4,7-8,12H2,1H3,(H,24,25)/t16-,17+,18-. The number of rotatable bonds is 3. The lowest BCUT2D eigenvalue weighted by atomic mass is 9.98. The van der Waals surface area contributed by atoms with Crippen LogP contribution in [0.4, 0.5) is 5.82 Å². The highest BCUT2D eigenvalue weighted by Crippen LogP contribution is 2.38. The minimum atomic E-state index is 0.507. The van der Waals surface area contributed by atoms with Gasteiger partial charge in [-0.3, -0.25) is 5.10 Å². The molecule has 29 heavy (non-hydrogen) atoms. The fourth-order valence-corrected chi connectivity index (χ4v) is 5.03. The molecule has 3 aliphatic rings. The van der Waals surface area contributed by atoms with Crippen LogP contribution in [0, 0.1) is 0 Å². The summed E-state index contributed by atoms with van der Waals surface area (Å²) in [6, 6.07) is 8.18. The van der Waals surface area contributed by atoms with Gasteiger partial charge in [0, 0.05) is 42.5 Å². The predicted octanol–water partition coefficient (Wildman–Crippen LogP) is 3.15. The van der Waals surface area contributed by atoms with Crippen molar-refractivity contribution in [2.45, 2.75) is 50.4 Å². The number of anilines is 1. The first-order valence-electron chi connectivity index (χ1n) is 10.4. The van der Waals surface area contributed by atoms with Gasteiger partial charge in [-0.15, -0.1) is 0 Å². The summed E-state index contributed by atoms with van der Waals surface area (Å²) in [5.41, 5.74) is 5.24. The Bertz CT molecular complexity index is 1040. The average Bonchev–Trinajstić information content (AvgIpc) is 3.42. The van der Waals surface area contributed by atoms with Gasteiger partial charge in [0.1, 0.15) is 12.3 Å². The molecule has 0 spiro atoms. The Morgan fingerprint density at radius 2 is 1.97 bits per heavy atom. The van der Waals surface area contributed by atoms with E-state index in [2.05, 4.69) is 45.7 Å². The second kappa shape index (κ2) is 6.56. The molecule has 5 heterocycles. The molecule has 0 amide bonds. The number of hydrogen-bond donors (Lipinski definition) is 2. The number of nitrogens with one attached hydrogen (secondary N) is 2. The molecule has 1 aromatic carbocycles. The summed E-state index contributed by atoms with van der Waals surface area (Å²) < 4.78 is 6.02. The minimum Gasteiger partial charge on any atom is -0.471 e. The van der Waals surface area contributed by atoms with Crippen LogP contribution in [-0.4, -0.2) is 45.3 Å². The van der Waals surface area contributed by atoms with Crippen molar-refractivity contribution in [1.82, 2.24) is 25.5 Å². The molecule has 0 saturated carbocycles. The topological polar surface area (TPSA) is 79.0 Å². The van der Waals surface area contributed by atoms with E-state index < -0.39 is 0 Å². The van der Waals surface area contributed by atoms with Crippen LogP contribution in [0.2, 0.25) is 0 Å². The van der Waals surface area contributed by atoms with Crippen molar-refractivity contribution in [3.05, 3.63) is 42.4 Å². The number of H-pyrrole nitrogens is 1. The van der Waals surface area contributed by atoms with Gasteiger partial charge in [0.2, 0.25) is 5.88 Å². The molecule has 2 N–H and O–H groups in total. The number of fused-ring (bicyclic) bond motifs is 5. The number of aromatic nitrogens is 4. The number of piperidine rings is 1. The first-order valence-corrected chi connectivity index (χ1v) is 10.4. The molecule has 3 aliphatic heterocycles. The van der Waals surface area contributed by atoms with Gasteiger partial charge in [-0.1, -0.05) is 12.1 Å². The quantitative estimate of drug-likeness (QED) is 0.718. The van der Waals surface area contributed by atoms with Crippen LogP contribution in [-0.2, 0) is 6.61 Å². The molecule has 0 unspecified atom stereocenters. The molecule has 2 saturated heterocycles. The van der Waals surface area contributed by atoms with Crippen LogP contribution in [0.15, 0.2) is 36.8 Å². The Kier molecular flexibility index (Phi) is 3.84. The minimum absolute atomic E-state index is 0.507. The van der Waals surface area contributed by atoms with Crippen molar-refractivity contribution in [2.75, 3.05) is 11.9 Å². The van der Waals surface area contributed by atoms with Gasteiger partial charge in [0.05, 0.1) is 12.4 Å². The van der Waals surface area contributed by atoms with Crippen molar-refractivity contribution in [3.8, 4) is 28.3 Å². The van der Waals surface area contributed by atoms with E-state index in [1.165, 1.54) is 25.7 Å². The van der Waals surface area contributed by atoms with Gasteiger partial charge in [0.15, 0.2) is 5.82 Å². The lowest BCUT2D eigenvalue weighted by molar-refractivity contribution is 0.288. The largest absolute Gasteiger partial charge is 0.471 e. The van der Waals surface area contributed by atoms with E-state index in [-0.39, 0.29) is 0 Å². The van der Waals surface area contributed by atoms with E-state index in [4.69, 9.17) is 14.7 Å². The molecule has 3 atom stereocenters. The summed E-state index contributed by atoms with van der Waals surface area (Å²) in [6.45, 7) is 0.507. The van der Waals surface area contributed by atoms with Crippen molar-refractivity contribution in [3.63, 3.8) is 0 Å². The lowest BCUT2D eigenvalue weighted by Gasteiger charge is -2.36. The highest BCUT2D eigenvalue weighted by Gasteiger charge is 2.35. The summed E-state index contributed by atoms with van der Waals surface area (Å²) in [5.74, 6) is 1.53. The van der Waals surface area contributed by atoms with E-state index in [0.29, 0.717) is 30.6 Å². The Balaban J connectivity index is 1.29. The maximum absolute atomic E-state index is 6.02. The predicted molar refractivity (Wildman–Crippen MR) is 111 cm³/mol. The van der Waals surface area contributed by atoms with E-state index >= 15 is 0 Å². The van der Waals surface area contributed by atoms with Crippen molar-refractivity contribution in [2.24, 2.45) is 0 Å². The summed E-state index contributed by atoms with van der Waals surface area (Å²) in [4.78, 5) is 11.9. The van der Waals surface area contributed by atoms with Gasteiger partial charge in [-0.25, -0.2) is 4.98 Å². The molecule has 0 radical (unpaired) electrons. The monoisotopic (exact) mass is 388 g/mol. The molecule has 0 aliphatic carbocycles. The number of aromatic amines is 1. The van der Waals surface area contributed by atoms with Crippen LogP contribution in [0.1, 0.15) is 31.2 Å². The molecular weight excluding hydrogens is 364 g/mol. The number of ether oxygens (including phenoxy) is 1. The summed E-state index contributed by atoms with van der Waals surface area (Å²) in [6.07, 6.45) is 10.6. The molecule has 148 valence electrons. The van der Waals surface area contributed by atoms with Crippen LogP contribution >= 0.6 is 0 Å². The Morgan fingerprint density at radius 1 is 1.10 bits per heavy atom. The SMILES string of the molecule is CN(c1cnc2c(n1)OCc1cc(-c3cn[nH]c3)ccc1-2)[C@@H]1C[C@H]2CC[C@@H](C1)N2. The van der Waals surface area contributed by atoms with Crippen molar-refractivity contribution in [1.29, 1.82) is 0 Å². The molecule has 2 fully saturated rings. The van der Waals surface area contributed by atoms with Crippen LogP contribution < -0.4 is 15.0 Å². The van der Waals surface area contributed by atoms with Crippen LogP contribution in [0.3, 0.4) is 0 Å². The van der Waals surface area contributed by atoms with Crippen LogP contribution in [0.5, 0.6) is 5.88 Å². The summed E-state index contributed by atoms with van der Waals surface area (Å²) in [7, 11) is 2.14. The van der Waals surface area contributed by atoms with E-state index in [9.17, 15) is 0 Å². The fourth-order valence-electron chi connectivity index (χ4n) is 5.03.